The summed E-state index contributed by atoms with van der Waals surface area (Å²) < 4.78 is 0. The molecule has 0 radical (unpaired) electrons. The van der Waals surface area contributed by atoms with Gasteiger partial charge in [0.1, 0.15) is 0 Å². The Hall–Kier alpha value is -1.18. The number of hydrogen-bond donors (Lipinski definition) is 1. The van der Waals surface area contributed by atoms with Crippen molar-refractivity contribution in [2.24, 2.45) is 5.92 Å². The van der Waals surface area contributed by atoms with E-state index in [4.69, 9.17) is 0 Å². The predicted octanol–water partition coefficient (Wildman–Crippen LogP) is 2.49. The average Bonchev–Trinajstić information content (AvgIpc) is 2.87. The highest BCUT2D eigenvalue weighted by Gasteiger charge is 2.26. The molecule has 6 nitrogen and oxygen atoms in total. The van der Waals surface area contributed by atoms with E-state index in [-0.39, 0.29) is 10.6 Å². The number of aliphatic hydroxyl groups is 1. The first-order chi connectivity index (χ1) is 9.88. The van der Waals surface area contributed by atoms with E-state index in [1.54, 1.807) is 6.92 Å². The van der Waals surface area contributed by atoms with Gasteiger partial charge in [0.05, 0.1) is 11.0 Å². The second-order valence-electron chi connectivity index (χ2n) is 5.90. The van der Waals surface area contributed by atoms with Crippen LogP contribution in [0.15, 0.2) is 6.07 Å². The summed E-state index contributed by atoms with van der Waals surface area (Å²) >= 11 is 1.32. The lowest BCUT2D eigenvalue weighted by atomic mass is 9.97. The molecule has 0 aliphatic carbocycles. The molecule has 118 valence electrons. The third-order valence-electron chi connectivity index (χ3n) is 4.04. The molecule has 21 heavy (non-hydrogen) atoms. The zero-order valence-corrected chi connectivity index (χ0v) is 13.6. The quantitative estimate of drug-likeness (QED) is 0.668. The van der Waals surface area contributed by atoms with Gasteiger partial charge in [0, 0.05) is 24.5 Å². The third-order valence-corrected chi connectivity index (χ3v) is 5.45. The highest BCUT2D eigenvalue weighted by molar-refractivity contribution is 7.16. The SMILES string of the molecule is CC(O)c1cc([N+](=O)[O-])c(N(C)CC2CCN(C)CC2)s1. The van der Waals surface area contributed by atoms with Crippen molar-refractivity contribution >= 4 is 22.0 Å². The molecule has 0 aromatic carbocycles. The molecule has 1 aliphatic heterocycles. The fraction of sp³-hybridized carbons (Fsp3) is 0.714. The zero-order valence-electron chi connectivity index (χ0n) is 12.8. The highest BCUT2D eigenvalue weighted by Crippen LogP contribution is 2.40. The topological polar surface area (TPSA) is 69.8 Å². The molecular formula is C14H23N3O3S. The van der Waals surface area contributed by atoms with Crippen LogP contribution in [0.1, 0.15) is 30.7 Å². The van der Waals surface area contributed by atoms with Crippen molar-refractivity contribution in [1.82, 2.24) is 4.90 Å². The molecule has 1 atom stereocenters. The Kier molecular flexibility index (Phi) is 5.18. The summed E-state index contributed by atoms with van der Waals surface area (Å²) in [6.07, 6.45) is 1.59. The third kappa shape index (κ3) is 3.93. The molecule has 2 heterocycles. The van der Waals surface area contributed by atoms with Gasteiger partial charge in [-0.15, -0.1) is 11.3 Å². The molecule has 0 spiro atoms. The van der Waals surface area contributed by atoms with E-state index in [0.29, 0.717) is 15.8 Å². The Bertz CT molecular complexity index is 496. The summed E-state index contributed by atoms with van der Waals surface area (Å²) in [6.45, 7) is 4.64. The van der Waals surface area contributed by atoms with Crippen LogP contribution in [0.3, 0.4) is 0 Å². The first-order valence-electron chi connectivity index (χ1n) is 7.24. The van der Waals surface area contributed by atoms with Gasteiger partial charge in [0.2, 0.25) is 0 Å². The van der Waals surface area contributed by atoms with E-state index in [9.17, 15) is 15.2 Å². The number of hydrogen-bond acceptors (Lipinski definition) is 6. The van der Waals surface area contributed by atoms with Crippen LogP contribution in [-0.2, 0) is 0 Å². The Labute approximate surface area is 129 Å². The molecule has 0 saturated carbocycles. The number of thiophene rings is 1. The molecule has 1 unspecified atom stereocenters. The number of rotatable bonds is 5. The summed E-state index contributed by atoms with van der Waals surface area (Å²) in [5.74, 6) is 0.572. The smallest absolute Gasteiger partial charge is 0.304 e. The zero-order chi connectivity index (χ0) is 15.6. The minimum Gasteiger partial charge on any atom is -0.388 e. The maximum absolute atomic E-state index is 11.2. The summed E-state index contributed by atoms with van der Waals surface area (Å²) in [7, 11) is 4.03. The molecule has 1 aromatic rings. The van der Waals surface area contributed by atoms with Crippen LogP contribution in [0, 0.1) is 16.0 Å². The summed E-state index contributed by atoms with van der Waals surface area (Å²) in [5.41, 5.74) is 0.103. The van der Waals surface area contributed by atoms with Crippen LogP contribution in [-0.4, -0.2) is 48.7 Å². The van der Waals surface area contributed by atoms with Crippen molar-refractivity contribution in [3.05, 3.63) is 21.1 Å². The predicted molar refractivity (Wildman–Crippen MR) is 85.1 cm³/mol. The number of piperidine rings is 1. The Balaban J connectivity index is 2.10. The van der Waals surface area contributed by atoms with Crippen LogP contribution in [0.4, 0.5) is 10.7 Å². The first kappa shape index (κ1) is 16.2. The van der Waals surface area contributed by atoms with Gasteiger partial charge in [-0.25, -0.2) is 0 Å². The maximum Gasteiger partial charge on any atom is 0.304 e. The van der Waals surface area contributed by atoms with Gasteiger partial charge in [-0.05, 0) is 45.8 Å². The molecule has 1 aromatic heterocycles. The first-order valence-corrected chi connectivity index (χ1v) is 8.06. The highest BCUT2D eigenvalue weighted by atomic mass is 32.1. The van der Waals surface area contributed by atoms with E-state index in [1.165, 1.54) is 17.4 Å². The molecule has 0 amide bonds. The number of likely N-dealkylation sites (tertiary alicyclic amines) is 1. The normalized spacial score (nSPS) is 18.7. The number of nitro groups is 1. The summed E-state index contributed by atoms with van der Waals surface area (Å²) in [5, 5.41) is 21.5. The van der Waals surface area contributed by atoms with Crippen LogP contribution in [0.2, 0.25) is 0 Å². The van der Waals surface area contributed by atoms with E-state index in [1.807, 2.05) is 11.9 Å². The second kappa shape index (κ2) is 6.72. The van der Waals surface area contributed by atoms with Gasteiger partial charge in [-0.3, -0.25) is 10.1 Å². The van der Waals surface area contributed by atoms with Crippen LogP contribution >= 0.6 is 11.3 Å². The molecule has 1 saturated heterocycles. The molecule has 1 fully saturated rings. The van der Waals surface area contributed by atoms with Gasteiger partial charge < -0.3 is 14.9 Å². The standard InChI is InChI=1S/C14H23N3O3S/c1-10(18)13-8-12(17(19)20)14(21-13)16(3)9-11-4-6-15(2)7-5-11/h8,10-11,18H,4-7,9H2,1-3H3. The minimum absolute atomic E-state index is 0.103. The van der Waals surface area contributed by atoms with Crippen molar-refractivity contribution in [2.75, 3.05) is 38.6 Å². The van der Waals surface area contributed by atoms with Crippen molar-refractivity contribution < 1.29 is 10.0 Å². The fourth-order valence-electron chi connectivity index (χ4n) is 2.71. The van der Waals surface area contributed by atoms with Gasteiger partial charge in [0.25, 0.3) is 0 Å². The van der Waals surface area contributed by atoms with Crippen molar-refractivity contribution in [3.63, 3.8) is 0 Å². The van der Waals surface area contributed by atoms with Crippen molar-refractivity contribution in [3.8, 4) is 0 Å². The molecule has 1 N–H and O–H groups in total. The van der Waals surface area contributed by atoms with E-state index < -0.39 is 6.10 Å². The molecule has 1 aliphatic rings. The van der Waals surface area contributed by atoms with Gasteiger partial charge >= 0.3 is 5.69 Å². The lowest BCUT2D eigenvalue weighted by molar-refractivity contribution is -0.383. The Morgan fingerprint density at radius 3 is 2.71 bits per heavy atom. The summed E-state index contributed by atoms with van der Waals surface area (Å²) in [4.78, 5) is 15.8. The monoisotopic (exact) mass is 313 g/mol. The van der Waals surface area contributed by atoms with Gasteiger partial charge in [-0.2, -0.15) is 0 Å². The number of aliphatic hydroxyl groups excluding tert-OH is 1. The average molecular weight is 313 g/mol. The molecule has 7 heteroatoms. The van der Waals surface area contributed by atoms with E-state index >= 15 is 0 Å². The van der Waals surface area contributed by atoms with Crippen LogP contribution in [0.5, 0.6) is 0 Å². The minimum atomic E-state index is -0.667. The number of anilines is 1. The van der Waals surface area contributed by atoms with Gasteiger partial charge in [0.15, 0.2) is 5.00 Å². The Morgan fingerprint density at radius 1 is 1.57 bits per heavy atom. The molecule has 0 bridgehead atoms. The maximum atomic E-state index is 11.2. The molecule has 2 rings (SSSR count). The van der Waals surface area contributed by atoms with Crippen molar-refractivity contribution in [2.45, 2.75) is 25.9 Å². The number of nitrogens with zero attached hydrogens (tertiary/aromatic N) is 3. The Morgan fingerprint density at radius 2 is 2.19 bits per heavy atom. The summed E-state index contributed by atoms with van der Waals surface area (Å²) in [6, 6.07) is 1.50. The fourth-order valence-corrected chi connectivity index (χ4v) is 3.75. The van der Waals surface area contributed by atoms with E-state index in [2.05, 4.69) is 11.9 Å². The van der Waals surface area contributed by atoms with Crippen LogP contribution < -0.4 is 4.90 Å². The molecular weight excluding hydrogens is 290 g/mol. The second-order valence-corrected chi connectivity index (χ2v) is 6.96. The van der Waals surface area contributed by atoms with Crippen LogP contribution in [0.25, 0.3) is 0 Å². The largest absolute Gasteiger partial charge is 0.388 e. The van der Waals surface area contributed by atoms with E-state index in [0.717, 1.165) is 32.5 Å². The van der Waals surface area contributed by atoms with Crippen molar-refractivity contribution in [1.29, 1.82) is 0 Å². The lowest BCUT2D eigenvalue weighted by Gasteiger charge is -2.31. The van der Waals surface area contributed by atoms with Gasteiger partial charge in [-0.1, -0.05) is 0 Å². The lowest BCUT2D eigenvalue weighted by Crippen LogP contribution is -2.35.